The number of ether oxygens (including phenoxy) is 3. The van der Waals surface area contributed by atoms with E-state index in [-0.39, 0.29) is 24.5 Å². The molecule has 0 aromatic heterocycles. The minimum atomic E-state index is -0.302. The van der Waals surface area contributed by atoms with Crippen LogP contribution in [0.2, 0.25) is 0 Å². The summed E-state index contributed by atoms with van der Waals surface area (Å²) < 4.78 is 16.2. The molecular formula is C19H25ClN2O4. The zero-order chi connectivity index (χ0) is 18.2. The van der Waals surface area contributed by atoms with E-state index in [4.69, 9.17) is 14.2 Å². The maximum atomic E-state index is 12.6. The molecule has 2 N–H and O–H groups in total. The van der Waals surface area contributed by atoms with E-state index in [0.717, 1.165) is 12.3 Å². The number of rotatable bonds is 8. The molecule has 0 aliphatic heterocycles. The summed E-state index contributed by atoms with van der Waals surface area (Å²) in [7, 11) is 3.03. The van der Waals surface area contributed by atoms with Gasteiger partial charge >= 0.3 is 0 Å². The number of nitrogens with one attached hydrogen (secondary N) is 2. The highest BCUT2D eigenvalue weighted by molar-refractivity contribution is 6.08. The van der Waals surface area contributed by atoms with E-state index in [2.05, 4.69) is 10.6 Å². The van der Waals surface area contributed by atoms with Crippen molar-refractivity contribution in [3.63, 3.8) is 0 Å². The number of carbonyl (C=O) groups excluding carboxylic acids is 1. The van der Waals surface area contributed by atoms with Crippen LogP contribution in [0, 0.1) is 0 Å². The molecule has 2 aromatic carbocycles. The molecule has 142 valence electrons. The molecule has 1 amide bonds. The van der Waals surface area contributed by atoms with Crippen LogP contribution in [0.4, 0.5) is 5.69 Å². The summed E-state index contributed by atoms with van der Waals surface area (Å²) in [6, 6.07) is 12.4. The van der Waals surface area contributed by atoms with E-state index in [1.54, 1.807) is 30.3 Å². The van der Waals surface area contributed by atoms with Gasteiger partial charge in [-0.15, -0.1) is 12.4 Å². The van der Waals surface area contributed by atoms with Gasteiger partial charge in [0, 0.05) is 5.69 Å². The monoisotopic (exact) mass is 380 g/mol. The maximum absolute atomic E-state index is 12.6. The lowest BCUT2D eigenvalue weighted by atomic mass is 10.1. The predicted molar refractivity (Wildman–Crippen MR) is 105 cm³/mol. The van der Waals surface area contributed by atoms with Gasteiger partial charge in [-0.05, 0) is 49.9 Å². The average molecular weight is 381 g/mol. The highest BCUT2D eigenvalue weighted by Gasteiger charge is 2.18. The van der Waals surface area contributed by atoms with E-state index < -0.39 is 0 Å². The molecule has 2 rings (SSSR count). The SMILES string of the molecule is CCNC(C)Oc1ccc(NC(=O)c2c(OC)cccc2OC)cc1.Cl. The Morgan fingerprint density at radius 3 is 2.12 bits per heavy atom. The molecule has 7 heteroatoms. The summed E-state index contributed by atoms with van der Waals surface area (Å²) in [5.74, 6) is 1.33. The number of methoxy groups -OCH3 is 2. The summed E-state index contributed by atoms with van der Waals surface area (Å²) in [5.41, 5.74) is 1.01. The maximum Gasteiger partial charge on any atom is 0.263 e. The fourth-order valence-electron chi connectivity index (χ4n) is 2.42. The summed E-state index contributed by atoms with van der Waals surface area (Å²) >= 11 is 0. The molecule has 0 radical (unpaired) electrons. The van der Waals surface area contributed by atoms with Crippen LogP contribution in [0.15, 0.2) is 42.5 Å². The molecule has 0 aliphatic rings. The Labute approximate surface area is 160 Å². The van der Waals surface area contributed by atoms with Crippen LogP contribution in [-0.2, 0) is 0 Å². The van der Waals surface area contributed by atoms with Crippen LogP contribution in [0.5, 0.6) is 17.2 Å². The number of halogens is 1. The van der Waals surface area contributed by atoms with Gasteiger partial charge in [0.2, 0.25) is 0 Å². The molecule has 0 spiro atoms. The van der Waals surface area contributed by atoms with Crippen molar-refractivity contribution < 1.29 is 19.0 Å². The Bertz CT molecular complexity index is 685. The molecular weight excluding hydrogens is 356 g/mol. The number of benzene rings is 2. The topological polar surface area (TPSA) is 68.8 Å². The quantitative estimate of drug-likeness (QED) is 0.683. The molecule has 1 atom stereocenters. The lowest BCUT2D eigenvalue weighted by Gasteiger charge is -2.16. The van der Waals surface area contributed by atoms with Crippen molar-refractivity contribution in [3.8, 4) is 17.2 Å². The molecule has 0 bridgehead atoms. The second-order valence-corrected chi connectivity index (χ2v) is 5.33. The van der Waals surface area contributed by atoms with Crippen molar-refractivity contribution >= 4 is 24.0 Å². The van der Waals surface area contributed by atoms with Crippen molar-refractivity contribution in [1.29, 1.82) is 0 Å². The lowest BCUT2D eigenvalue weighted by molar-refractivity contribution is 0.102. The summed E-state index contributed by atoms with van der Waals surface area (Å²) in [6.45, 7) is 4.79. The highest BCUT2D eigenvalue weighted by Crippen LogP contribution is 2.29. The number of carbonyl (C=O) groups is 1. The Kier molecular flexibility index (Phi) is 8.75. The Hall–Kier alpha value is -2.44. The predicted octanol–water partition coefficient (Wildman–Crippen LogP) is 3.71. The van der Waals surface area contributed by atoms with Crippen molar-refractivity contribution in [2.75, 3.05) is 26.1 Å². The lowest BCUT2D eigenvalue weighted by Crippen LogP contribution is -2.30. The van der Waals surface area contributed by atoms with Gasteiger partial charge in [0.15, 0.2) is 0 Å². The molecule has 6 nitrogen and oxygen atoms in total. The standard InChI is InChI=1S/C19H24N2O4.ClH/c1-5-20-13(2)25-15-11-9-14(10-12-15)21-19(22)18-16(23-3)7-6-8-17(18)24-4;/h6-13,20H,5H2,1-4H3,(H,21,22);1H. The van der Waals surface area contributed by atoms with Crippen molar-refractivity contribution in [2.24, 2.45) is 0 Å². The zero-order valence-corrected chi connectivity index (χ0v) is 16.2. The Morgan fingerprint density at radius 2 is 1.62 bits per heavy atom. The average Bonchev–Trinajstić information content (AvgIpc) is 2.62. The van der Waals surface area contributed by atoms with Gasteiger partial charge in [-0.3, -0.25) is 10.1 Å². The van der Waals surface area contributed by atoms with Gasteiger partial charge in [0.05, 0.1) is 14.2 Å². The second-order valence-electron chi connectivity index (χ2n) is 5.33. The van der Waals surface area contributed by atoms with E-state index in [0.29, 0.717) is 22.7 Å². The minimum Gasteiger partial charge on any atom is -0.496 e. The fraction of sp³-hybridized carbons (Fsp3) is 0.316. The Morgan fingerprint density at radius 1 is 1.04 bits per heavy atom. The summed E-state index contributed by atoms with van der Waals surface area (Å²) in [4.78, 5) is 12.6. The third-order valence-electron chi connectivity index (χ3n) is 3.57. The van der Waals surface area contributed by atoms with Crippen LogP contribution in [0.1, 0.15) is 24.2 Å². The van der Waals surface area contributed by atoms with Crippen LogP contribution in [0.25, 0.3) is 0 Å². The van der Waals surface area contributed by atoms with Gasteiger partial charge in [-0.2, -0.15) is 0 Å². The van der Waals surface area contributed by atoms with E-state index >= 15 is 0 Å². The van der Waals surface area contributed by atoms with Crippen LogP contribution < -0.4 is 24.8 Å². The van der Waals surface area contributed by atoms with Gasteiger partial charge in [-0.1, -0.05) is 13.0 Å². The third-order valence-corrected chi connectivity index (χ3v) is 3.57. The highest BCUT2D eigenvalue weighted by atomic mass is 35.5. The molecule has 26 heavy (non-hydrogen) atoms. The summed E-state index contributed by atoms with van der Waals surface area (Å²) in [5, 5.41) is 6.01. The van der Waals surface area contributed by atoms with E-state index in [1.165, 1.54) is 14.2 Å². The van der Waals surface area contributed by atoms with Crippen LogP contribution in [-0.4, -0.2) is 32.9 Å². The van der Waals surface area contributed by atoms with E-state index in [1.807, 2.05) is 26.0 Å². The van der Waals surface area contributed by atoms with E-state index in [9.17, 15) is 4.79 Å². The molecule has 0 aliphatic carbocycles. The zero-order valence-electron chi connectivity index (χ0n) is 15.4. The smallest absolute Gasteiger partial charge is 0.263 e. The Balaban J connectivity index is 0.00000338. The molecule has 0 fully saturated rings. The molecule has 2 aromatic rings. The van der Waals surface area contributed by atoms with Gasteiger partial charge in [0.25, 0.3) is 5.91 Å². The molecule has 1 unspecified atom stereocenters. The molecule has 0 heterocycles. The first-order valence-corrected chi connectivity index (χ1v) is 8.11. The van der Waals surface area contributed by atoms with Gasteiger partial charge in [-0.25, -0.2) is 0 Å². The van der Waals surface area contributed by atoms with Crippen LogP contribution >= 0.6 is 12.4 Å². The number of amides is 1. The minimum absolute atomic E-state index is 0. The molecule has 0 saturated carbocycles. The first-order chi connectivity index (χ1) is 12.1. The second kappa shape index (κ2) is 10.5. The van der Waals surface area contributed by atoms with Crippen LogP contribution in [0.3, 0.4) is 0 Å². The van der Waals surface area contributed by atoms with Gasteiger partial charge < -0.3 is 19.5 Å². The normalized spacial score (nSPS) is 11.1. The summed E-state index contributed by atoms with van der Waals surface area (Å²) in [6.07, 6.45) is -0.0803. The van der Waals surface area contributed by atoms with Gasteiger partial charge in [0.1, 0.15) is 29.0 Å². The first kappa shape index (κ1) is 21.6. The third kappa shape index (κ3) is 5.54. The van der Waals surface area contributed by atoms with Crippen molar-refractivity contribution in [1.82, 2.24) is 5.32 Å². The number of anilines is 1. The first-order valence-electron chi connectivity index (χ1n) is 8.11. The number of hydrogen-bond acceptors (Lipinski definition) is 5. The fourth-order valence-corrected chi connectivity index (χ4v) is 2.42. The largest absolute Gasteiger partial charge is 0.496 e. The molecule has 0 saturated heterocycles. The van der Waals surface area contributed by atoms with Crippen molar-refractivity contribution in [3.05, 3.63) is 48.0 Å². The number of hydrogen-bond donors (Lipinski definition) is 2. The van der Waals surface area contributed by atoms with Crippen molar-refractivity contribution in [2.45, 2.75) is 20.1 Å².